The van der Waals surface area contributed by atoms with Crippen LogP contribution in [0.2, 0.25) is 0 Å². The third-order valence-electron chi connectivity index (χ3n) is 2.00. The van der Waals surface area contributed by atoms with Crippen LogP contribution in [0.4, 0.5) is 0 Å². The van der Waals surface area contributed by atoms with Crippen molar-refractivity contribution in [1.29, 1.82) is 0 Å². The molecule has 0 saturated heterocycles. The number of aliphatic carboxylic acids is 1. The number of benzene rings is 1. The Bertz CT molecular complexity index is 303. The lowest BCUT2D eigenvalue weighted by Crippen LogP contribution is -2.15. The van der Waals surface area contributed by atoms with E-state index in [0.717, 1.165) is 11.1 Å². The lowest BCUT2D eigenvalue weighted by atomic mass is 10.0. The highest BCUT2D eigenvalue weighted by atomic mass is 16.4. The summed E-state index contributed by atoms with van der Waals surface area (Å²) in [5.41, 5.74) is 2.12. The van der Waals surface area contributed by atoms with Gasteiger partial charge in [0.25, 0.3) is 0 Å². The fraction of sp³-hybridized carbons (Fsp3) is 0.364. The van der Waals surface area contributed by atoms with Gasteiger partial charge in [-0.05, 0) is 18.9 Å². The minimum atomic E-state index is -0.968. The second kappa shape index (κ2) is 4.77. The maximum absolute atomic E-state index is 10.3. The molecule has 76 valence electrons. The van der Waals surface area contributed by atoms with Gasteiger partial charge in [-0.25, -0.2) is 0 Å². The van der Waals surface area contributed by atoms with E-state index in [1.54, 1.807) is 0 Å². The molecule has 1 aromatic carbocycles. The zero-order chi connectivity index (χ0) is 10.6. The van der Waals surface area contributed by atoms with Crippen molar-refractivity contribution in [2.75, 3.05) is 0 Å². The van der Waals surface area contributed by atoms with E-state index in [1.165, 1.54) is 0 Å². The molecule has 14 heavy (non-hydrogen) atoms. The van der Waals surface area contributed by atoms with Crippen LogP contribution in [0.25, 0.3) is 0 Å². The number of carbonyl (C=O) groups is 1. The summed E-state index contributed by atoms with van der Waals surface area (Å²) in [7, 11) is 0. The third kappa shape index (κ3) is 3.58. The fourth-order valence-corrected chi connectivity index (χ4v) is 1.27. The topological polar surface area (TPSA) is 57.5 Å². The zero-order valence-corrected chi connectivity index (χ0v) is 8.10. The number of carboxylic acids is 1. The average molecular weight is 194 g/mol. The molecule has 0 heterocycles. The van der Waals surface area contributed by atoms with E-state index in [1.807, 2.05) is 31.2 Å². The maximum atomic E-state index is 10.3. The van der Waals surface area contributed by atoms with Crippen LogP contribution >= 0.6 is 0 Å². The molecular formula is C11H14O3. The molecule has 0 bridgehead atoms. The van der Waals surface area contributed by atoms with Gasteiger partial charge in [-0.2, -0.15) is 0 Å². The van der Waals surface area contributed by atoms with Gasteiger partial charge in [-0.3, -0.25) is 4.79 Å². The normalized spacial score (nSPS) is 12.4. The van der Waals surface area contributed by atoms with Crippen molar-refractivity contribution in [3.8, 4) is 0 Å². The summed E-state index contributed by atoms with van der Waals surface area (Å²) in [5, 5.41) is 17.8. The molecule has 1 rings (SSSR count). The minimum absolute atomic E-state index is 0.201. The molecule has 0 aliphatic carbocycles. The van der Waals surface area contributed by atoms with Crippen molar-refractivity contribution in [3.63, 3.8) is 0 Å². The van der Waals surface area contributed by atoms with Crippen LogP contribution in [0.1, 0.15) is 17.5 Å². The van der Waals surface area contributed by atoms with E-state index in [2.05, 4.69) is 0 Å². The van der Waals surface area contributed by atoms with Crippen molar-refractivity contribution in [1.82, 2.24) is 0 Å². The standard InChI is InChI=1S/C11H14O3/c1-8-2-4-9(5-3-8)6-10(12)7-11(13)14/h2-5,10,12H,6-7H2,1H3,(H,13,14)/t10-/m1/s1. The number of aliphatic hydroxyl groups is 1. The Balaban J connectivity index is 2.51. The molecule has 0 aliphatic rings. The van der Waals surface area contributed by atoms with Gasteiger partial charge in [0, 0.05) is 0 Å². The van der Waals surface area contributed by atoms with Crippen LogP contribution < -0.4 is 0 Å². The first kappa shape index (κ1) is 10.7. The summed E-state index contributed by atoms with van der Waals surface area (Å²) in [6.07, 6.45) is -0.601. The first-order chi connectivity index (χ1) is 6.58. The van der Waals surface area contributed by atoms with Crippen LogP contribution in [-0.4, -0.2) is 22.3 Å². The van der Waals surface area contributed by atoms with Crippen LogP contribution in [0.15, 0.2) is 24.3 Å². The minimum Gasteiger partial charge on any atom is -0.481 e. The fourth-order valence-electron chi connectivity index (χ4n) is 1.27. The summed E-state index contributed by atoms with van der Waals surface area (Å²) in [4.78, 5) is 10.3. The van der Waals surface area contributed by atoms with E-state index in [4.69, 9.17) is 5.11 Å². The van der Waals surface area contributed by atoms with E-state index in [0.29, 0.717) is 6.42 Å². The summed E-state index contributed by atoms with van der Waals surface area (Å²) >= 11 is 0. The van der Waals surface area contributed by atoms with E-state index in [9.17, 15) is 9.90 Å². The van der Waals surface area contributed by atoms with Crippen molar-refractivity contribution in [3.05, 3.63) is 35.4 Å². The second-order valence-electron chi connectivity index (χ2n) is 3.44. The molecule has 0 aromatic heterocycles. The molecule has 0 spiro atoms. The Hall–Kier alpha value is -1.35. The van der Waals surface area contributed by atoms with Crippen LogP contribution in [-0.2, 0) is 11.2 Å². The van der Waals surface area contributed by atoms with Crippen molar-refractivity contribution < 1.29 is 15.0 Å². The smallest absolute Gasteiger partial charge is 0.305 e. The van der Waals surface area contributed by atoms with Gasteiger partial charge in [0.05, 0.1) is 12.5 Å². The number of carboxylic acid groups (broad SMARTS) is 1. The van der Waals surface area contributed by atoms with Crippen molar-refractivity contribution >= 4 is 5.97 Å². The molecule has 0 saturated carbocycles. The molecule has 0 aliphatic heterocycles. The summed E-state index contributed by atoms with van der Waals surface area (Å²) in [6.45, 7) is 1.98. The number of aryl methyl sites for hydroxylation is 1. The van der Waals surface area contributed by atoms with Gasteiger partial charge in [-0.1, -0.05) is 29.8 Å². The Kier molecular flexibility index (Phi) is 3.65. The molecule has 2 N–H and O–H groups in total. The molecule has 1 atom stereocenters. The SMILES string of the molecule is Cc1ccc(C[C@@H](O)CC(=O)O)cc1. The van der Waals surface area contributed by atoms with Gasteiger partial charge in [0.2, 0.25) is 0 Å². The van der Waals surface area contributed by atoms with Gasteiger partial charge < -0.3 is 10.2 Å². The van der Waals surface area contributed by atoms with Crippen molar-refractivity contribution in [2.45, 2.75) is 25.9 Å². The van der Waals surface area contributed by atoms with E-state index < -0.39 is 12.1 Å². The molecular weight excluding hydrogens is 180 g/mol. The van der Waals surface area contributed by atoms with E-state index >= 15 is 0 Å². The maximum Gasteiger partial charge on any atom is 0.305 e. The van der Waals surface area contributed by atoms with Crippen molar-refractivity contribution in [2.24, 2.45) is 0 Å². The Morgan fingerprint density at radius 1 is 1.36 bits per heavy atom. The number of hydrogen-bond acceptors (Lipinski definition) is 2. The number of aliphatic hydroxyl groups excluding tert-OH is 1. The molecule has 3 heteroatoms. The Morgan fingerprint density at radius 2 is 1.93 bits per heavy atom. The van der Waals surface area contributed by atoms with Crippen LogP contribution in [0.3, 0.4) is 0 Å². The quantitative estimate of drug-likeness (QED) is 0.761. The first-order valence-electron chi connectivity index (χ1n) is 4.53. The second-order valence-corrected chi connectivity index (χ2v) is 3.44. The lowest BCUT2D eigenvalue weighted by molar-refractivity contribution is -0.139. The molecule has 1 aromatic rings. The highest BCUT2D eigenvalue weighted by Gasteiger charge is 2.09. The third-order valence-corrected chi connectivity index (χ3v) is 2.00. The molecule has 0 unspecified atom stereocenters. The lowest BCUT2D eigenvalue weighted by Gasteiger charge is -2.07. The highest BCUT2D eigenvalue weighted by molar-refractivity contribution is 5.67. The highest BCUT2D eigenvalue weighted by Crippen LogP contribution is 2.07. The largest absolute Gasteiger partial charge is 0.481 e. The number of hydrogen-bond donors (Lipinski definition) is 2. The van der Waals surface area contributed by atoms with Gasteiger partial charge >= 0.3 is 5.97 Å². The first-order valence-corrected chi connectivity index (χ1v) is 4.53. The summed E-state index contributed by atoms with van der Waals surface area (Å²) < 4.78 is 0. The predicted octanol–water partition coefficient (Wildman–Crippen LogP) is 1.37. The van der Waals surface area contributed by atoms with Gasteiger partial charge in [0.15, 0.2) is 0 Å². The Morgan fingerprint density at radius 3 is 2.43 bits per heavy atom. The Labute approximate surface area is 83.0 Å². The van der Waals surface area contributed by atoms with E-state index in [-0.39, 0.29) is 6.42 Å². The average Bonchev–Trinajstić information content (AvgIpc) is 2.07. The van der Waals surface area contributed by atoms with Crippen LogP contribution in [0.5, 0.6) is 0 Å². The number of rotatable bonds is 4. The molecule has 0 fully saturated rings. The predicted molar refractivity (Wildman–Crippen MR) is 53.1 cm³/mol. The van der Waals surface area contributed by atoms with Crippen LogP contribution in [0, 0.1) is 6.92 Å². The summed E-state index contributed by atoms with van der Waals surface area (Å²) in [5.74, 6) is -0.968. The van der Waals surface area contributed by atoms with Gasteiger partial charge in [0.1, 0.15) is 0 Å². The monoisotopic (exact) mass is 194 g/mol. The van der Waals surface area contributed by atoms with Gasteiger partial charge in [-0.15, -0.1) is 0 Å². The molecule has 3 nitrogen and oxygen atoms in total. The summed E-state index contributed by atoms with van der Waals surface area (Å²) in [6, 6.07) is 7.70. The zero-order valence-electron chi connectivity index (χ0n) is 8.10. The molecule has 0 amide bonds. The molecule has 0 radical (unpaired) electrons.